The number of aryl methyl sites for hydroxylation is 1. The minimum absolute atomic E-state index is 0.00676. The number of thiazole rings is 1. The molecule has 0 spiro atoms. The summed E-state index contributed by atoms with van der Waals surface area (Å²) in [7, 11) is 0. The molecular weight excluding hydrogens is 424 g/mol. The summed E-state index contributed by atoms with van der Waals surface area (Å²) in [6.45, 7) is 1.10. The Bertz CT molecular complexity index is 1210. The smallest absolute Gasteiger partial charge is 0.257 e. The van der Waals surface area contributed by atoms with Gasteiger partial charge in [0.05, 0.1) is 12.2 Å². The number of hydrogen-bond acceptors (Lipinski definition) is 5. The zero-order chi connectivity index (χ0) is 22.1. The third-order valence-electron chi connectivity index (χ3n) is 5.75. The van der Waals surface area contributed by atoms with Crippen LogP contribution in [0.5, 0.6) is 0 Å². The first-order chi connectivity index (χ1) is 15.6. The number of amides is 3. The Morgan fingerprint density at radius 3 is 2.72 bits per heavy atom. The van der Waals surface area contributed by atoms with Crippen molar-refractivity contribution in [3.8, 4) is 0 Å². The average Bonchev–Trinajstić information content (AvgIpc) is 3.11. The van der Waals surface area contributed by atoms with Crippen LogP contribution in [0.4, 0.5) is 10.8 Å². The van der Waals surface area contributed by atoms with Gasteiger partial charge in [-0.1, -0.05) is 29.5 Å². The maximum absolute atomic E-state index is 12.8. The van der Waals surface area contributed by atoms with E-state index in [9.17, 15) is 14.4 Å². The Balaban J connectivity index is 1.28. The van der Waals surface area contributed by atoms with Gasteiger partial charge in [0.1, 0.15) is 0 Å². The summed E-state index contributed by atoms with van der Waals surface area (Å²) >= 11 is 1.41. The molecule has 0 bridgehead atoms. The third kappa shape index (κ3) is 4.13. The molecule has 0 radical (unpaired) electrons. The summed E-state index contributed by atoms with van der Waals surface area (Å²) in [5, 5.41) is 6.32. The van der Waals surface area contributed by atoms with Gasteiger partial charge in [0.25, 0.3) is 11.8 Å². The number of hydrogen-bond donors (Lipinski definition) is 2. The van der Waals surface area contributed by atoms with Gasteiger partial charge in [0.2, 0.25) is 5.91 Å². The second-order valence-corrected chi connectivity index (χ2v) is 9.04. The van der Waals surface area contributed by atoms with Crippen molar-refractivity contribution in [2.75, 3.05) is 17.2 Å². The molecule has 2 aliphatic heterocycles. The Kier molecular flexibility index (Phi) is 5.45. The second-order valence-electron chi connectivity index (χ2n) is 7.96. The van der Waals surface area contributed by atoms with E-state index in [1.54, 1.807) is 12.1 Å². The van der Waals surface area contributed by atoms with Crippen LogP contribution in [-0.2, 0) is 24.2 Å². The van der Waals surface area contributed by atoms with Crippen LogP contribution >= 0.6 is 11.3 Å². The molecule has 7 nitrogen and oxygen atoms in total. The number of carbonyl (C=O) groups is 3. The molecule has 1 aromatic heterocycles. The van der Waals surface area contributed by atoms with Crippen molar-refractivity contribution in [2.24, 2.45) is 0 Å². The van der Waals surface area contributed by atoms with Gasteiger partial charge in [-0.25, -0.2) is 4.98 Å². The van der Waals surface area contributed by atoms with E-state index in [2.05, 4.69) is 15.6 Å². The number of nitrogens with one attached hydrogen (secondary N) is 2. The largest absolute Gasteiger partial charge is 0.333 e. The van der Waals surface area contributed by atoms with Crippen molar-refractivity contribution in [3.05, 3.63) is 75.8 Å². The molecule has 0 saturated heterocycles. The monoisotopic (exact) mass is 446 g/mol. The van der Waals surface area contributed by atoms with Crippen molar-refractivity contribution in [2.45, 2.75) is 32.2 Å². The SMILES string of the molecule is O=C1CCCc2cc(C(=O)Nc3nc4c(s3)CN(C(=O)c3ccccc3)CC4)ccc2N1. The lowest BCUT2D eigenvalue weighted by molar-refractivity contribution is -0.116. The van der Waals surface area contributed by atoms with Crippen molar-refractivity contribution >= 4 is 39.9 Å². The molecule has 0 atom stereocenters. The summed E-state index contributed by atoms with van der Waals surface area (Å²) in [5.74, 6) is -0.215. The topological polar surface area (TPSA) is 91.4 Å². The van der Waals surface area contributed by atoms with Gasteiger partial charge in [-0.2, -0.15) is 0 Å². The average molecular weight is 447 g/mol. The summed E-state index contributed by atoms with van der Waals surface area (Å²) in [6, 6.07) is 14.6. The lowest BCUT2D eigenvalue weighted by Gasteiger charge is -2.26. The predicted molar refractivity (Wildman–Crippen MR) is 123 cm³/mol. The minimum Gasteiger partial charge on any atom is -0.333 e. The highest BCUT2D eigenvalue weighted by atomic mass is 32.1. The number of benzene rings is 2. The molecule has 0 unspecified atom stereocenters. The van der Waals surface area contributed by atoms with E-state index in [1.807, 2.05) is 41.3 Å². The number of carbonyl (C=O) groups excluding carboxylic acids is 3. The van der Waals surface area contributed by atoms with Crippen LogP contribution in [0.3, 0.4) is 0 Å². The number of anilines is 2. The molecule has 3 heterocycles. The molecule has 32 heavy (non-hydrogen) atoms. The zero-order valence-electron chi connectivity index (χ0n) is 17.4. The number of aromatic nitrogens is 1. The van der Waals surface area contributed by atoms with Crippen LogP contribution in [0.15, 0.2) is 48.5 Å². The van der Waals surface area contributed by atoms with Crippen molar-refractivity contribution in [3.63, 3.8) is 0 Å². The quantitative estimate of drug-likeness (QED) is 0.639. The van der Waals surface area contributed by atoms with Crippen molar-refractivity contribution in [1.29, 1.82) is 0 Å². The zero-order valence-corrected chi connectivity index (χ0v) is 18.2. The highest BCUT2D eigenvalue weighted by Gasteiger charge is 2.25. The summed E-state index contributed by atoms with van der Waals surface area (Å²) in [4.78, 5) is 44.7. The molecule has 2 aliphatic rings. The molecule has 0 aliphatic carbocycles. The van der Waals surface area contributed by atoms with Gasteiger partial charge < -0.3 is 10.2 Å². The lowest BCUT2D eigenvalue weighted by Crippen LogP contribution is -2.35. The molecule has 3 aromatic rings. The Morgan fingerprint density at radius 2 is 1.88 bits per heavy atom. The number of nitrogens with zero attached hydrogens (tertiary/aromatic N) is 2. The van der Waals surface area contributed by atoms with Gasteiger partial charge in [-0.3, -0.25) is 19.7 Å². The molecule has 2 aromatic carbocycles. The van der Waals surface area contributed by atoms with Crippen LogP contribution in [0.1, 0.15) is 49.7 Å². The van der Waals surface area contributed by atoms with E-state index in [-0.39, 0.29) is 17.7 Å². The molecule has 0 saturated carbocycles. The van der Waals surface area contributed by atoms with Gasteiger partial charge in [-0.05, 0) is 48.7 Å². The fourth-order valence-corrected chi connectivity index (χ4v) is 5.09. The molecule has 5 rings (SSSR count). The van der Waals surface area contributed by atoms with E-state index in [0.717, 1.165) is 34.7 Å². The molecule has 2 N–H and O–H groups in total. The van der Waals surface area contributed by atoms with Gasteiger partial charge in [0, 0.05) is 41.1 Å². The maximum Gasteiger partial charge on any atom is 0.257 e. The van der Waals surface area contributed by atoms with Crippen LogP contribution in [-0.4, -0.2) is 34.2 Å². The second kappa shape index (κ2) is 8.55. The van der Waals surface area contributed by atoms with Crippen molar-refractivity contribution < 1.29 is 14.4 Å². The highest BCUT2D eigenvalue weighted by Crippen LogP contribution is 2.30. The fourth-order valence-electron chi connectivity index (χ4n) is 4.07. The van der Waals surface area contributed by atoms with E-state index >= 15 is 0 Å². The van der Waals surface area contributed by atoms with Gasteiger partial charge in [0.15, 0.2) is 5.13 Å². The number of fused-ring (bicyclic) bond motifs is 2. The standard InChI is InChI=1S/C24H22N4O3S/c29-21-8-4-7-16-13-17(9-10-18(16)25-21)22(30)27-24-26-19-11-12-28(14-20(19)32-24)23(31)15-5-2-1-3-6-15/h1-3,5-6,9-10,13H,4,7-8,11-12,14H2,(H,25,29)(H,26,27,30). The number of rotatable bonds is 3. The molecule has 0 fully saturated rings. The third-order valence-corrected chi connectivity index (χ3v) is 6.75. The van der Waals surface area contributed by atoms with E-state index in [0.29, 0.717) is 42.2 Å². The first kappa shape index (κ1) is 20.4. The molecule has 8 heteroatoms. The maximum atomic E-state index is 12.8. The Morgan fingerprint density at radius 1 is 1.03 bits per heavy atom. The van der Waals surface area contributed by atoms with E-state index in [4.69, 9.17) is 0 Å². The van der Waals surface area contributed by atoms with E-state index < -0.39 is 0 Å². The van der Waals surface area contributed by atoms with Gasteiger partial charge in [-0.15, -0.1) is 0 Å². The van der Waals surface area contributed by atoms with Crippen molar-refractivity contribution in [1.82, 2.24) is 9.88 Å². The van der Waals surface area contributed by atoms with Crippen LogP contribution in [0.2, 0.25) is 0 Å². The first-order valence-corrected chi connectivity index (χ1v) is 11.5. The van der Waals surface area contributed by atoms with Crippen LogP contribution < -0.4 is 10.6 Å². The first-order valence-electron chi connectivity index (χ1n) is 10.6. The minimum atomic E-state index is -0.230. The lowest BCUT2D eigenvalue weighted by atomic mass is 10.0. The molecular formula is C24H22N4O3S. The summed E-state index contributed by atoms with van der Waals surface area (Å²) in [5.41, 5.74) is 3.89. The van der Waals surface area contributed by atoms with Crippen LogP contribution in [0.25, 0.3) is 0 Å². The highest BCUT2D eigenvalue weighted by molar-refractivity contribution is 7.15. The van der Waals surface area contributed by atoms with E-state index in [1.165, 1.54) is 11.3 Å². The normalized spacial score (nSPS) is 15.2. The molecule has 162 valence electrons. The summed E-state index contributed by atoms with van der Waals surface area (Å²) < 4.78 is 0. The fraction of sp³-hybridized carbons (Fsp3) is 0.250. The Hall–Kier alpha value is -3.52. The summed E-state index contributed by atoms with van der Waals surface area (Å²) in [6.07, 6.45) is 2.68. The molecule has 3 amide bonds. The Labute approximate surface area is 189 Å². The van der Waals surface area contributed by atoms with Gasteiger partial charge >= 0.3 is 0 Å². The van der Waals surface area contributed by atoms with Crippen LogP contribution in [0, 0.1) is 0 Å². The predicted octanol–water partition coefficient (Wildman–Crippen LogP) is 3.87.